The van der Waals surface area contributed by atoms with E-state index in [1.807, 2.05) is 25.1 Å². The van der Waals surface area contributed by atoms with Crippen LogP contribution in [-0.2, 0) is 6.54 Å². The van der Waals surface area contributed by atoms with Crippen LogP contribution in [0.15, 0.2) is 52.2 Å². The average molecular weight is 435 g/mol. The van der Waals surface area contributed by atoms with E-state index in [4.69, 9.17) is 0 Å². The fraction of sp³-hybridized carbons (Fsp3) is 0.348. The van der Waals surface area contributed by atoms with Crippen LogP contribution in [-0.4, -0.2) is 50.4 Å². The number of fused-ring (bicyclic) bond motifs is 1. The zero-order chi connectivity index (χ0) is 22.7. The van der Waals surface area contributed by atoms with Crippen molar-refractivity contribution >= 4 is 22.8 Å². The maximum Gasteiger partial charge on any atom is 0.329 e. The summed E-state index contributed by atoms with van der Waals surface area (Å²) in [7, 11) is 0. The fourth-order valence-corrected chi connectivity index (χ4v) is 3.98. The van der Waals surface area contributed by atoms with E-state index in [0.717, 1.165) is 0 Å². The summed E-state index contributed by atoms with van der Waals surface area (Å²) >= 11 is 0. The van der Waals surface area contributed by atoms with Gasteiger partial charge in [-0.3, -0.25) is 23.9 Å². The molecule has 4 rings (SSSR count). The van der Waals surface area contributed by atoms with Crippen LogP contribution < -0.4 is 16.6 Å². The smallest absolute Gasteiger partial charge is 0.329 e. The number of benzene rings is 1. The number of piperidine rings is 1. The van der Waals surface area contributed by atoms with Crippen LogP contribution in [0.5, 0.6) is 0 Å². The number of carbonyl (C=O) groups excluding carboxylic acids is 2. The van der Waals surface area contributed by atoms with Crippen molar-refractivity contribution < 1.29 is 9.59 Å². The lowest BCUT2D eigenvalue weighted by Crippen LogP contribution is -2.46. The molecule has 0 saturated carbocycles. The lowest BCUT2D eigenvalue weighted by Gasteiger charge is -2.32. The van der Waals surface area contributed by atoms with E-state index in [2.05, 4.69) is 15.3 Å². The molecule has 1 saturated heterocycles. The van der Waals surface area contributed by atoms with Crippen molar-refractivity contribution in [3.63, 3.8) is 0 Å². The number of hydrogen-bond donors (Lipinski definition) is 2. The molecule has 3 heterocycles. The summed E-state index contributed by atoms with van der Waals surface area (Å²) in [5, 5.41) is 3.24. The quantitative estimate of drug-likeness (QED) is 0.630. The highest BCUT2D eigenvalue weighted by Gasteiger charge is 2.25. The number of nitrogens with zero attached hydrogens (tertiary/aromatic N) is 3. The van der Waals surface area contributed by atoms with E-state index >= 15 is 0 Å². The molecule has 1 aliphatic heterocycles. The molecule has 166 valence electrons. The first-order valence-electron chi connectivity index (χ1n) is 10.8. The molecule has 0 atom stereocenters. The number of aromatic amines is 1. The van der Waals surface area contributed by atoms with Crippen LogP contribution in [0, 0.1) is 0 Å². The Labute approximate surface area is 184 Å². The number of amides is 2. The molecule has 2 N–H and O–H groups in total. The molecule has 3 aromatic rings. The minimum Gasteiger partial charge on any atom is -0.349 e. The van der Waals surface area contributed by atoms with Crippen molar-refractivity contribution in [1.82, 2.24) is 24.8 Å². The SMILES string of the molecule is CCCn1c(=O)[nH]c(=O)c2cc(C(=O)N3CCC(NC(=O)c4ccccc4)CC3)cnc21. The molecule has 0 bridgehead atoms. The Kier molecular flexibility index (Phi) is 6.16. The normalized spacial score (nSPS) is 14.5. The number of rotatable bonds is 5. The predicted molar refractivity (Wildman–Crippen MR) is 120 cm³/mol. The number of aromatic nitrogens is 3. The van der Waals surface area contributed by atoms with Gasteiger partial charge < -0.3 is 10.2 Å². The van der Waals surface area contributed by atoms with Gasteiger partial charge in [0.2, 0.25) is 0 Å². The van der Waals surface area contributed by atoms with E-state index < -0.39 is 11.2 Å². The first-order valence-corrected chi connectivity index (χ1v) is 10.8. The van der Waals surface area contributed by atoms with E-state index in [9.17, 15) is 19.2 Å². The molecule has 0 aliphatic carbocycles. The Morgan fingerprint density at radius 2 is 1.84 bits per heavy atom. The van der Waals surface area contributed by atoms with Crippen molar-refractivity contribution in [2.45, 2.75) is 38.8 Å². The van der Waals surface area contributed by atoms with Crippen LogP contribution in [0.1, 0.15) is 46.9 Å². The first kappa shape index (κ1) is 21.5. The zero-order valence-corrected chi connectivity index (χ0v) is 17.8. The van der Waals surface area contributed by atoms with Gasteiger partial charge in [-0.25, -0.2) is 9.78 Å². The molecule has 32 heavy (non-hydrogen) atoms. The highest BCUT2D eigenvalue weighted by molar-refractivity contribution is 5.97. The lowest BCUT2D eigenvalue weighted by molar-refractivity contribution is 0.0698. The summed E-state index contributed by atoms with van der Waals surface area (Å²) in [6.45, 7) is 3.33. The van der Waals surface area contributed by atoms with Crippen LogP contribution in [0.25, 0.3) is 11.0 Å². The molecule has 0 unspecified atom stereocenters. The molecule has 0 spiro atoms. The number of pyridine rings is 1. The van der Waals surface area contributed by atoms with Crippen LogP contribution >= 0.6 is 0 Å². The topological polar surface area (TPSA) is 117 Å². The van der Waals surface area contributed by atoms with Crippen LogP contribution in [0.2, 0.25) is 0 Å². The number of nitrogens with one attached hydrogen (secondary N) is 2. The van der Waals surface area contributed by atoms with Crippen molar-refractivity contribution in [3.8, 4) is 0 Å². The van der Waals surface area contributed by atoms with Gasteiger partial charge in [0.15, 0.2) is 0 Å². The van der Waals surface area contributed by atoms with E-state index in [1.165, 1.54) is 16.8 Å². The fourth-order valence-electron chi connectivity index (χ4n) is 3.98. The second kappa shape index (κ2) is 9.17. The van der Waals surface area contributed by atoms with E-state index in [1.54, 1.807) is 17.0 Å². The van der Waals surface area contributed by atoms with Gasteiger partial charge in [-0.2, -0.15) is 0 Å². The first-order chi connectivity index (χ1) is 15.5. The van der Waals surface area contributed by atoms with Gasteiger partial charge in [0.25, 0.3) is 17.4 Å². The second-order valence-electron chi connectivity index (χ2n) is 7.91. The summed E-state index contributed by atoms with van der Waals surface area (Å²) in [6.07, 6.45) is 3.40. The minimum atomic E-state index is -0.554. The third-order valence-electron chi connectivity index (χ3n) is 5.68. The van der Waals surface area contributed by atoms with Gasteiger partial charge in [-0.1, -0.05) is 25.1 Å². The predicted octanol–water partition coefficient (Wildman–Crippen LogP) is 1.53. The Morgan fingerprint density at radius 3 is 2.53 bits per heavy atom. The molecule has 2 aromatic heterocycles. The molecular formula is C23H25N5O4. The van der Waals surface area contributed by atoms with Gasteiger partial charge in [0.05, 0.1) is 10.9 Å². The second-order valence-corrected chi connectivity index (χ2v) is 7.91. The summed E-state index contributed by atoms with van der Waals surface area (Å²) in [5.41, 5.74) is 0.133. The number of carbonyl (C=O) groups is 2. The Bertz CT molecular complexity index is 1260. The largest absolute Gasteiger partial charge is 0.349 e. The third kappa shape index (κ3) is 4.32. The summed E-state index contributed by atoms with van der Waals surface area (Å²) in [5.74, 6) is -0.341. The van der Waals surface area contributed by atoms with Crippen molar-refractivity contribution in [1.29, 1.82) is 0 Å². The molecule has 9 nitrogen and oxygen atoms in total. The van der Waals surface area contributed by atoms with E-state index in [0.29, 0.717) is 50.0 Å². The number of H-pyrrole nitrogens is 1. The number of hydrogen-bond acceptors (Lipinski definition) is 5. The highest BCUT2D eigenvalue weighted by Crippen LogP contribution is 2.16. The Hall–Kier alpha value is -3.75. The minimum absolute atomic E-state index is 0.00666. The maximum absolute atomic E-state index is 13.0. The summed E-state index contributed by atoms with van der Waals surface area (Å²) in [4.78, 5) is 58.0. The number of likely N-dealkylation sites (tertiary alicyclic amines) is 1. The molecule has 9 heteroatoms. The van der Waals surface area contributed by atoms with Gasteiger partial charge >= 0.3 is 5.69 Å². The third-order valence-corrected chi connectivity index (χ3v) is 5.68. The molecule has 1 aliphatic rings. The summed E-state index contributed by atoms with van der Waals surface area (Å²) < 4.78 is 1.41. The summed E-state index contributed by atoms with van der Waals surface area (Å²) in [6, 6.07) is 10.5. The van der Waals surface area contributed by atoms with Crippen molar-refractivity contribution in [2.75, 3.05) is 13.1 Å². The Balaban J connectivity index is 1.45. The molecule has 2 amide bonds. The van der Waals surface area contributed by atoms with Crippen LogP contribution in [0.3, 0.4) is 0 Å². The highest BCUT2D eigenvalue weighted by atomic mass is 16.2. The molecule has 1 aromatic carbocycles. The lowest BCUT2D eigenvalue weighted by atomic mass is 10.0. The number of aryl methyl sites for hydroxylation is 1. The van der Waals surface area contributed by atoms with Gasteiger partial charge in [0, 0.05) is 37.4 Å². The van der Waals surface area contributed by atoms with Gasteiger partial charge in [-0.05, 0) is 37.5 Å². The van der Waals surface area contributed by atoms with E-state index in [-0.39, 0.29) is 28.9 Å². The van der Waals surface area contributed by atoms with Crippen molar-refractivity contribution in [3.05, 3.63) is 74.6 Å². The van der Waals surface area contributed by atoms with Crippen LogP contribution in [0.4, 0.5) is 0 Å². The Morgan fingerprint density at radius 1 is 1.12 bits per heavy atom. The monoisotopic (exact) mass is 435 g/mol. The standard InChI is InChI=1S/C23H25N5O4/c1-2-10-28-19-18(21(30)26-23(28)32)13-16(14-24-19)22(31)27-11-8-17(9-12-27)25-20(29)15-6-4-3-5-7-15/h3-7,13-14,17H,2,8-12H2,1H3,(H,25,29)(H,26,30,32). The van der Waals surface area contributed by atoms with Crippen molar-refractivity contribution in [2.24, 2.45) is 0 Å². The average Bonchev–Trinajstić information content (AvgIpc) is 2.82. The molecule has 1 fully saturated rings. The van der Waals surface area contributed by atoms with Gasteiger partial charge in [0.1, 0.15) is 5.65 Å². The molecule has 0 radical (unpaired) electrons. The van der Waals surface area contributed by atoms with Gasteiger partial charge in [-0.15, -0.1) is 0 Å². The molecular weight excluding hydrogens is 410 g/mol. The zero-order valence-electron chi connectivity index (χ0n) is 17.8. The maximum atomic E-state index is 13.0.